The van der Waals surface area contributed by atoms with Gasteiger partial charge in [0, 0.05) is 18.7 Å². The van der Waals surface area contributed by atoms with E-state index in [0.717, 1.165) is 30.4 Å². The summed E-state index contributed by atoms with van der Waals surface area (Å²) in [6.07, 6.45) is 2.39. The number of nitrogens with zero attached hydrogens (tertiary/aromatic N) is 1. The minimum absolute atomic E-state index is 0.119. The predicted octanol–water partition coefficient (Wildman–Crippen LogP) is 4.18. The highest BCUT2D eigenvalue weighted by Gasteiger charge is 2.19. The van der Waals surface area contributed by atoms with Crippen molar-refractivity contribution in [2.45, 2.75) is 19.8 Å². The molecule has 0 atom stereocenters. The molecule has 0 aliphatic carbocycles. The maximum absolute atomic E-state index is 12.6. The van der Waals surface area contributed by atoms with E-state index in [1.165, 1.54) is 12.8 Å². The second kappa shape index (κ2) is 7.39. The Hall–Kier alpha value is -2.49. The van der Waals surface area contributed by atoms with Gasteiger partial charge in [0.25, 0.3) is 5.91 Å². The molecule has 4 nitrogen and oxygen atoms in total. The first-order valence-corrected chi connectivity index (χ1v) is 8.47. The minimum atomic E-state index is -0.119. The minimum Gasteiger partial charge on any atom is -0.497 e. The number of amides is 1. The first-order valence-electron chi connectivity index (χ1n) is 8.47. The van der Waals surface area contributed by atoms with Crippen molar-refractivity contribution in [2.24, 2.45) is 5.92 Å². The van der Waals surface area contributed by atoms with Gasteiger partial charge in [-0.2, -0.15) is 0 Å². The fraction of sp³-hybridized carbons (Fsp3) is 0.350. The molecule has 0 saturated carbocycles. The van der Waals surface area contributed by atoms with Crippen LogP contribution in [0, 0.1) is 5.92 Å². The van der Waals surface area contributed by atoms with Gasteiger partial charge < -0.3 is 15.0 Å². The van der Waals surface area contributed by atoms with Crippen molar-refractivity contribution < 1.29 is 9.53 Å². The largest absolute Gasteiger partial charge is 0.497 e. The standard InChI is InChI=1S/C20H24N2O2/c1-15-10-12-22(13-11-15)19-9-4-3-8-18(19)21-20(23)16-6-5-7-17(14-16)24-2/h3-9,14-15H,10-13H2,1-2H3,(H,21,23). The van der Waals surface area contributed by atoms with E-state index in [1.807, 2.05) is 30.3 Å². The number of para-hydroxylation sites is 2. The molecule has 0 unspecified atom stereocenters. The maximum Gasteiger partial charge on any atom is 0.255 e. The van der Waals surface area contributed by atoms with E-state index in [2.05, 4.69) is 23.2 Å². The first-order chi connectivity index (χ1) is 11.7. The summed E-state index contributed by atoms with van der Waals surface area (Å²) < 4.78 is 5.20. The number of carbonyl (C=O) groups excluding carboxylic acids is 1. The van der Waals surface area contributed by atoms with Gasteiger partial charge in [-0.15, -0.1) is 0 Å². The second-order valence-corrected chi connectivity index (χ2v) is 6.37. The van der Waals surface area contributed by atoms with E-state index in [0.29, 0.717) is 11.3 Å². The summed E-state index contributed by atoms with van der Waals surface area (Å²) in [5.74, 6) is 1.34. The molecule has 1 saturated heterocycles. The average molecular weight is 324 g/mol. The lowest BCUT2D eigenvalue weighted by Crippen LogP contribution is -2.33. The molecule has 0 bridgehead atoms. The summed E-state index contributed by atoms with van der Waals surface area (Å²) in [4.78, 5) is 14.9. The van der Waals surface area contributed by atoms with Crippen molar-refractivity contribution in [2.75, 3.05) is 30.4 Å². The van der Waals surface area contributed by atoms with Crippen LogP contribution in [0.15, 0.2) is 48.5 Å². The number of methoxy groups -OCH3 is 1. The number of nitrogens with one attached hydrogen (secondary N) is 1. The van der Waals surface area contributed by atoms with Crippen LogP contribution >= 0.6 is 0 Å². The molecule has 1 aliphatic heterocycles. The van der Waals surface area contributed by atoms with Gasteiger partial charge in [0.05, 0.1) is 18.5 Å². The molecule has 0 radical (unpaired) electrons. The Balaban J connectivity index is 1.78. The fourth-order valence-corrected chi connectivity index (χ4v) is 3.06. The van der Waals surface area contributed by atoms with Crippen LogP contribution in [0.1, 0.15) is 30.1 Å². The predicted molar refractivity (Wildman–Crippen MR) is 98.0 cm³/mol. The van der Waals surface area contributed by atoms with Crippen molar-refractivity contribution >= 4 is 17.3 Å². The van der Waals surface area contributed by atoms with E-state index < -0.39 is 0 Å². The molecular weight excluding hydrogens is 300 g/mol. The summed E-state index contributed by atoms with van der Waals surface area (Å²) in [6.45, 7) is 4.37. The van der Waals surface area contributed by atoms with Crippen LogP contribution in [-0.2, 0) is 0 Å². The lowest BCUT2D eigenvalue weighted by Gasteiger charge is -2.33. The third-order valence-corrected chi connectivity index (χ3v) is 4.61. The molecule has 3 rings (SSSR count). The van der Waals surface area contributed by atoms with E-state index in [9.17, 15) is 4.79 Å². The third-order valence-electron chi connectivity index (χ3n) is 4.61. The monoisotopic (exact) mass is 324 g/mol. The molecule has 0 aromatic heterocycles. The lowest BCUT2D eigenvalue weighted by molar-refractivity contribution is 0.102. The molecular formula is C20H24N2O2. The van der Waals surface area contributed by atoms with Crippen LogP contribution < -0.4 is 15.0 Å². The van der Waals surface area contributed by atoms with Gasteiger partial charge in [0.2, 0.25) is 0 Å². The summed E-state index contributed by atoms with van der Waals surface area (Å²) in [5.41, 5.74) is 2.55. The molecule has 1 aliphatic rings. The van der Waals surface area contributed by atoms with Crippen LogP contribution in [0.5, 0.6) is 5.75 Å². The van der Waals surface area contributed by atoms with Gasteiger partial charge >= 0.3 is 0 Å². The topological polar surface area (TPSA) is 41.6 Å². The molecule has 1 heterocycles. The zero-order chi connectivity index (χ0) is 16.9. The van der Waals surface area contributed by atoms with Crippen molar-refractivity contribution in [3.63, 3.8) is 0 Å². The van der Waals surface area contributed by atoms with Crippen molar-refractivity contribution in [1.29, 1.82) is 0 Å². The van der Waals surface area contributed by atoms with Gasteiger partial charge in [0.1, 0.15) is 5.75 Å². The van der Waals surface area contributed by atoms with E-state index in [1.54, 1.807) is 19.2 Å². The molecule has 4 heteroatoms. The van der Waals surface area contributed by atoms with Gasteiger partial charge in [-0.05, 0) is 49.1 Å². The summed E-state index contributed by atoms with van der Waals surface area (Å²) >= 11 is 0. The van der Waals surface area contributed by atoms with Gasteiger partial charge in [0.15, 0.2) is 0 Å². The highest BCUT2D eigenvalue weighted by molar-refractivity contribution is 6.06. The zero-order valence-corrected chi connectivity index (χ0v) is 14.3. The number of hydrogen-bond acceptors (Lipinski definition) is 3. The maximum atomic E-state index is 12.6. The van der Waals surface area contributed by atoms with E-state index >= 15 is 0 Å². The van der Waals surface area contributed by atoms with E-state index in [-0.39, 0.29) is 5.91 Å². The van der Waals surface area contributed by atoms with E-state index in [4.69, 9.17) is 4.74 Å². The third kappa shape index (κ3) is 3.70. The summed E-state index contributed by atoms with van der Waals surface area (Å²) in [5, 5.41) is 3.05. The number of rotatable bonds is 4. The van der Waals surface area contributed by atoms with Crippen LogP contribution in [0.2, 0.25) is 0 Å². The van der Waals surface area contributed by atoms with Crippen molar-refractivity contribution in [3.05, 3.63) is 54.1 Å². The van der Waals surface area contributed by atoms with Crippen molar-refractivity contribution in [3.8, 4) is 5.75 Å². The van der Waals surface area contributed by atoms with Crippen LogP contribution in [-0.4, -0.2) is 26.1 Å². The molecule has 2 aromatic carbocycles. The Morgan fingerprint density at radius 2 is 1.88 bits per heavy atom. The number of benzene rings is 2. The number of anilines is 2. The average Bonchev–Trinajstić information content (AvgIpc) is 2.63. The highest BCUT2D eigenvalue weighted by atomic mass is 16.5. The molecule has 126 valence electrons. The highest BCUT2D eigenvalue weighted by Crippen LogP contribution is 2.30. The smallest absolute Gasteiger partial charge is 0.255 e. The summed E-state index contributed by atoms with van der Waals surface area (Å²) in [6, 6.07) is 15.2. The van der Waals surface area contributed by atoms with Crippen molar-refractivity contribution in [1.82, 2.24) is 0 Å². The Bertz CT molecular complexity index is 706. The van der Waals surface area contributed by atoms with Gasteiger partial charge in [-0.3, -0.25) is 4.79 Å². The molecule has 2 aromatic rings. The lowest BCUT2D eigenvalue weighted by atomic mass is 9.98. The fourth-order valence-electron chi connectivity index (χ4n) is 3.06. The molecule has 24 heavy (non-hydrogen) atoms. The SMILES string of the molecule is COc1cccc(C(=O)Nc2ccccc2N2CCC(C)CC2)c1. The number of piperidine rings is 1. The second-order valence-electron chi connectivity index (χ2n) is 6.37. The van der Waals surface area contributed by atoms with Crippen LogP contribution in [0.4, 0.5) is 11.4 Å². The van der Waals surface area contributed by atoms with Crippen LogP contribution in [0.25, 0.3) is 0 Å². The van der Waals surface area contributed by atoms with Gasteiger partial charge in [-0.25, -0.2) is 0 Å². The Morgan fingerprint density at radius 1 is 1.12 bits per heavy atom. The molecule has 1 fully saturated rings. The number of ether oxygens (including phenoxy) is 1. The Kier molecular flexibility index (Phi) is 5.04. The Morgan fingerprint density at radius 3 is 2.62 bits per heavy atom. The molecule has 1 N–H and O–H groups in total. The van der Waals surface area contributed by atoms with Gasteiger partial charge in [-0.1, -0.05) is 25.1 Å². The van der Waals surface area contributed by atoms with Crippen LogP contribution in [0.3, 0.4) is 0 Å². The molecule has 0 spiro atoms. The number of carbonyl (C=O) groups is 1. The number of hydrogen-bond donors (Lipinski definition) is 1. The molecule has 1 amide bonds. The quantitative estimate of drug-likeness (QED) is 0.917. The summed E-state index contributed by atoms with van der Waals surface area (Å²) in [7, 11) is 1.60. The Labute approximate surface area is 143 Å². The normalized spacial score (nSPS) is 15.2. The first kappa shape index (κ1) is 16.4. The zero-order valence-electron chi connectivity index (χ0n) is 14.3.